The molecule has 2 amide bonds. The molecule has 45 heavy (non-hydrogen) atoms. The average Bonchev–Trinajstić information content (AvgIpc) is 3.42. The average molecular weight is 636 g/mol. The highest BCUT2D eigenvalue weighted by molar-refractivity contribution is 7.89. The van der Waals surface area contributed by atoms with E-state index in [1.807, 2.05) is 51.1 Å². The van der Waals surface area contributed by atoms with E-state index in [4.69, 9.17) is 4.74 Å². The first-order valence-corrected chi connectivity index (χ1v) is 16.5. The molecule has 1 saturated heterocycles. The Morgan fingerprint density at radius 2 is 1.62 bits per heavy atom. The van der Waals surface area contributed by atoms with Crippen molar-refractivity contribution in [3.05, 3.63) is 95.6 Å². The van der Waals surface area contributed by atoms with Crippen LogP contribution in [0.3, 0.4) is 0 Å². The second-order valence-corrected chi connectivity index (χ2v) is 13.6. The zero-order valence-electron chi connectivity index (χ0n) is 26.0. The molecule has 1 aliphatic heterocycles. The molecule has 0 bridgehead atoms. The van der Waals surface area contributed by atoms with E-state index in [2.05, 4.69) is 5.32 Å². The number of amides is 2. The molecule has 1 fully saturated rings. The summed E-state index contributed by atoms with van der Waals surface area (Å²) in [5.41, 5.74) is 2.80. The number of rotatable bonds is 14. The van der Waals surface area contributed by atoms with E-state index in [1.54, 1.807) is 48.5 Å². The van der Waals surface area contributed by atoms with Gasteiger partial charge in [-0.1, -0.05) is 63.2 Å². The van der Waals surface area contributed by atoms with E-state index in [0.29, 0.717) is 11.3 Å². The monoisotopic (exact) mass is 635 g/mol. The molecule has 0 spiro atoms. The number of sulfonamides is 1. The van der Waals surface area contributed by atoms with Gasteiger partial charge in [0.15, 0.2) is 11.9 Å². The van der Waals surface area contributed by atoms with E-state index in [1.165, 1.54) is 16.1 Å². The Bertz CT molecular complexity index is 1580. The lowest BCUT2D eigenvalue weighted by atomic mass is 10.0. The van der Waals surface area contributed by atoms with Crippen LogP contribution in [0.2, 0.25) is 0 Å². The minimum Gasteiger partial charge on any atom is -0.434 e. The fourth-order valence-corrected chi connectivity index (χ4v) is 6.79. The first kappa shape index (κ1) is 33.8. The van der Waals surface area contributed by atoms with Crippen LogP contribution in [-0.2, 0) is 32.4 Å². The maximum Gasteiger partial charge on any atom is 0.415 e. The van der Waals surface area contributed by atoms with Gasteiger partial charge in [-0.25, -0.2) is 13.2 Å². The molecule has 1 heterocycles. The molecule has 10 nitrogen and oxygen atoms in total. The van der Waals surface area contributed by atoms with Gasteiger partial charge in [0.1, 0.15) is 0 Å². The number of hydrogen-bond donors (Lipinski definition) is 2. The first-order chi connectivity index (χ1) is 21.4. The molecule has 11 heteroatoms. The fourth-order valence-electron chi connectivity index (χ4n) is 5.17. The lowest BCUT2D eigenvalue weighted by Crippen LogP contribution is -2.53. The van der Waals surface area contributed by atoms with E-state index in [9.17, 15) is 27.9 Å². The number of carbonyl (C=O) groups is 3. The van der Waals surface area contributed by atoms with Crippen LogP contribution in [0.1, 0.15) is 49.2 Å². The van der Waals surface area contributed by atoms with Crippen LogP contribution in [0.25, 0.3) is 0 Å². The van der Waals surface area contributed by atoms with E-state index < -0.39 is 40.3 Å². The third-order valence-electron chi connectivity index (χ3n) is 7.71. The van der Waals surface area contributed by atoms with Gasteiger partial charge in [-0.2, -0.15) is 4.31 Å². The second-order valence-electron chi connectivity index (χ2n) is 11.7. The Morgan fingerprint density at radius 3 is 2.20 bits per heavy atom. The number of hydrogen-bond acceptors (Lipinski definition) is 7. The van der Waals surface area contributed by atoms with Crippen molar-refractivity contribution in [1.29, 1.82) is 0 Å². The van der Waals surface area contributed by atoms with Crippen molar-refractivity contribution in [3.8, 4) is 0 Å². The molecular formula is C34H41N3O7S. The molecule has 0 radical (unpaired) electrons. The lowest BCUT2D eigenvalue weighted by molar-refractivity contribution is -0.129. The number of nitrogens with zero attached hydrogens (tertiary/aromatic N) is 2. The number of carbonyl (C=O) groups excluding carboxylic acids is 3. The van der Waals surface area contributed by atoms with E-state index >= 15 is 0 Å². The number of benzene rings is 3. The summed E-state index contributed by atoms with van der Waals surface area (Å²) in [5.74, 6) is -0.753. The van der Waals surface area contributed by atoms with E-state index in [-0.39, 0.29) is 42.7 Å². The third kappa shape index (κ3) is 8.56. The summed E-state index contributed by atoms with van der Waals surface area (Å²) >= 11 is 0. The minimum absolute atomic E-state index is 0.0301. The molecule has 4 rings (SSSR count). The standard InChI is InChI=1S/C34H41N3O7S/c1-5-25-11-17-29(18-12-25)45(42,43)36(20-23(2)3)21-31(39)30(19-26-9-7-6-8-10-26)35-33(40)32-22-37(34(41)44-32)28-15-13-27(14-16-28)24(4)38/h6-18,23,30-32,39H,5,19-22H2,1-4H3,(H,35,40)/t30-,31+,32-/m0/s1. The molecule has 0 aromatic heterocycles. The van der Waals surface area contributed by atoms with Gasteiger partial charge in [0.2, 0.25) is 10.0 Å². The van der Waals surface area contributed by atoms with Gasteiger partial charge in [0.05, 0.1) is 23.6 Å². The SMILES string of the molecule is CCc1ccc(S(=O)(=O)N(CC(C)C)C[C@@H](O)[C@H](Cc2ccccc2)NC(=O)[C@@H]2CN(c3ccc(C(C)=O)cc3)C(=O)O2)cc1. The molecule has 3 aromatic carbocycles. The van der Waals surface area contributed by atoms with Gasteiger partial charge in [-0.3, -0.25) is 14.5 Å². The van der Waals surface area contributed by atoms with Gasteiger partial charge >= 0.3 is 6.09 Å². The summed E-state index contributed by atoms with van der Waals surface area (Å²) < 4.78 is 34.1. The maximum absolute atomic E-state index is 13.7. The number of cyclic esters (lactones) is 1. The fraction of sp³-hybridized carbons (Fsp3) is 0.382. The number of Topliss-reactive ketones (excluding diaryl/α,β-unsaturated/α-hetero) is 1. The number of anilines is 1. The first-order valence-electron chi connectivity index (χ1n) is 15.1. The topological polar surface area (TPSA) is 133 Å². The number of aryl methyl sites for hydroxylation is 1. The summed E-state index contributed by atoms with van der Waals surface area (Å²) in [6, 6.07) is 21.5. The number of nitrogens with one attached hydrogen (secondary N) is 1. The molecule has 0 saturated carbocycles. The Balaban J connectivity index is 1.54. The zero-order valence-corrected chi connectivity index (χ0v) is 26.9. The van der Waals surface area contributed by atoms with Crippen molar-refractivity contribution in [2.24, 2.45) is 5.92 Å². The number of ether oxygens (including phenoxy) is 1. The predicted octanol–water partition coefficient (Wildman–Crippen LogP) is 4.21. The van der Waals surface area contributed by atoms with Crippen molar-refractivity contribution in [2.75, 3.05) is 24.5 Å². The van der Waals surface area contributed by atoms with Gasteiger partial charge in [-0.05, 0) is 73.2 Å². The molecule has 3 aromatic rings. The highest BCUT2D eigenvalue weighted by Gasteiger charge is 2.39. The maximum atomic E-state index is 13.7. The smallest absolute Gasteiger partial charge is 0.415 e. The van der Waals surface area contributed by atoms with Crippen LogP contribution in [0.5, 0.6) is 0 Å². The van der Waals surface area contributed by atoms with Gasteiger partial charge in [0, 0.05) is 24.3 Å². The molecule has 0 aliphatic carbocycles. The summed E-state index contributed by atoms with van der Waals surface area (Å²) in [5, 5.41) is 14.4. The van der Waals surface area contributed by atoms with Crippen LogP contribution >= 0.6 is 0 Å². The quantitative estimate of drug-likeness (QED) is 0.254. The van der Waals surface area contributed by atoms with Gasteiger partial charge < -0.3 is 15.2 Å². The largest absolute Gasteiger partial charge is 0.434 e. The van der Waals surface area contributed by atoms with Crippen LogP contribution in [0.15, 0.2) is 83.8 Å². The molecule has 240 valence electrons. The van der Waals surface area contributed by atoms with Crippen molar-refractivity contribution in [3.63, 3.8) is 0 Å². The van der Waals surface area contributed by atoms with Gasteiger partial charge in [0.25, 0.3) is 5.91 Å². The van der Waals surface area contributed by atoms with E-state index in [0.717, 1.165) is 17.5 Å². The van der Waals surface area contributed by atoms with Crippen molar-refractivity contribution >= 4 is 33.5 Å². The molecule has 0 unspecified atom stereocenters. The molecule has 2 N–H and O–H groups in total. The summed E-state index contributed by atoms with van der Waals surface area (Å²) in [6.45, 7) is 7.06. The Labute approximate surface area is 265 Å². The van der Waals surface area contributed by atoms with Crippen LogP contribution in [0.4, 0.5) is 10.5 Å². The zero-order chi connectivity index (χ0) is 32.7. The normalized spacial score (nSPS) is 16.5. The summed E-state index contributed by atoms with van der Waals surface area (Å²) in [4.78, 5) is 39.2. The van der Waals surface area contributed by atoms with Crippen molar-refractivity contribution in [1.82, 2.24) is 9.62 Å². The second kappa shape index (κ2) is 14.8. The minimum atomic E-state index is -3.96. The predicted molar refractivity (Wildman–Crippen MR) is 172 cm³/mol. The highest BCUT2D eigenvalue weighted by atomic mass is 32.2. The van der Waals surface area contributed by atoms with Crippen LogP contribution in [0, 0.1) is 5.92 Å². The molecule has 3 atom stereocenters. The number of ketones is 1. The Kier molecular flexibility index (Phi) is 11.1. The van der Waals surface area contributed by atoms with Crippen LogP contribution in [-0.4, -0.2) is 73.5 Å². The van der Waals surface area contributed by atoms with Crippen molar-refractivity contribution < 1.29 is 32.6 Å². The third-order valence-corrected chi connectivity index (χ3v) is 9.56. The number of aliphatic hydroxyl groups is 1. The Hall–Kier alpha value is -4.06. The summed E-state index contributed by atoms with van der Waals surface area (Å²) in [7, 11) is -3.96. The molecular weight excluding hydrogens is 594 g/mol. The van der Waals surface area contributed by atoms with Crippen LogP contribution < -0.4 is 10.2 Å². The molecule has 1 aliphatic rings. The van der Waals surface area contributed by atoms with Gasteiger partial charge in [-0.15, -0.1) is 0 Å². The number of aliphatic hydroxyl groups excluding tert-OH is 1. The Morgan fingerprint density at radius 1 is 0.978 bits per heavy atom. The van der Waals surface area contributed by atoms with Crippen molar-refractivity contribution in [2.45, 2.75) is 63.7 Å². The summed E-state index contributed by atoms with van der Waals surface area (Å²) in [6.07, 6.45) is -2.18. The highest BCUT2D eigenvalue weighted by Crippen LogP contribution is 2.24. The lowest BCUT2D eigenvalue weighted by Gasteiger charge is -2.31.